The fourth-order valence-electron chi connectivity index (χ4n) is 1.45. The molecule has 0 fully saturated rings. The average molecular weight is 208 g/mol. The predicted octanol–water partition coefficient (Wildman–Crippen LogP) is 0.265. The van der Waals surface area contributed by atoms with Crippen molar-refractivity contribution in [1.82, 2.24) is 15.1 Å². The largest absolute Gasteiger partial charge is 0.396 e. The van der Waals surface area contributed by atoms with Crippen molar-refractivity contribution in [1.29, 1.82) is 5.26 Å². The summed E-state index contributed by atoms with van der Waals surface area (Å²) in [6, 6.07) is 1.84. The van der Waals surface area contributed by atoms with Gasteiger partial charge in [0.2, 0.25) is 0 Å². The Morgan fingerprint density at radius 1 is 1.73 bits per heavy atom. The highest BCUT2D eigenvalue weighted by molar-refractivity contribution is 5.25. The number of nitrogens with one attached hydrogen (secondary N) is 1. The topological polar surface area (TPSA) is 73.9 Å². The molecule has 0 spiro atoms. The van der Waals surface area contributed by atoms with Crippen molar-refractivity contribution in [2.45, 2.75) is 19.4 Å². The first-order valence-electron chi connectivity index (χ1n) is 4.93. The van der Waals surface area contributed by atoms with Crippen molar-refractivity contribution in [2.75, 3.05) is 13.2 Å². The number of hydrogen-bond donors (Lipinski definition) is 2. The van der Waals surface area contributed by atoms with Gasteiger partial charge in [-0.1, -0.05) is 0 Å². The van der Waals surface area contributed by atoms with E-state index >= 15 is 0 Å². The maximum absolute atomic E-state index is 9.00. The third-order valence-electron chi connectivity index (χ3n) is 2.17. The van der Waals surface area contributed by atoms with E-state index in [1.807, 2.05) is 20.2 Å². The molecular formula is C10H16N4O. The van der Waals surface area contributed by atoms with Gasteiger partial charge in [-0.05, 0) is 19.9 Å². The summed E-state index contributed by atoms with van der Waals surface area (Å²) in [4.78, 5) is 0. The molecule has 15 heavy (non-hydrogen) atoms. The van der Waals surface area contributed by atoms with Crippen molar-refractivity contribution in [3.05, 3.63) is 17.5 Å². The van der Waals surface area contributed by atoms with E-state index in [0.717, 1.165) is 11.3 Å². The Morgan fingerprint density at radius 3 is 2.93 bits per heavy atom. The molecule has 1 atom stereocenters. The Balaban J connectivity index is 2.67. The molecule has 0 aliphatic heterocycles. The number of aliphatic hydroxyl groups is 1. The summed E-state index contributed by atoms with van der Waals surface area (Å²) in [5.74, 6) is 0. The Morgan fingerprint density at radius 2 is 2.47 bits per heavy atom. The van der Waals surface area contributed by atoms with Gasteiger partial charge in [0.05, 0.1) is 11.8 Å². The SMILES string of the molecule is Cc1nn(C)cc1C(C#N)NCCCO. The van der Waals surface area contributed by atoms with Crippen LogP contribution in [0.25, 0.3) is 0 Å². The minimum Gasteiger partial charge on any atom is -0.396 e. The summed E-state index contributed by atoms with van der Waals surface area (Å²) in [6.45, 7) is 2.65. The van der Waals surface area contributed by atoms with E-state index < -0.39 is 0 Å². The van der Waals surface area contributed by atoms with Gasteiger partial charge in [-0.2, -0.15) is 10.4 Å². The molecule has 1 aromatic rings. The van der Waals surface area contributed by atoms with Crippen molar-refractivity contribution >= 4 is 0 Å². The van der Waals surface area contributed by atoms with E-state index in [1.54, 1.807) is 4.68 Å². The highest BCUT2D eigenvalue weighted by Crippen LogP contribution is 2.15. The third-order valence-corrected chi connectivity index (χ3v) is 2.17. The molecule has 5 heteroatoms. The molecule has 0 saturated carbocycles. The first kappa shape index (κ1) is 11.7. The summed E-state index contributed by atoms with van der Waals surface area (Å²) in [5, 5.41) is 24.9. The lowest BCUT2D eigenvalue weighted by Gasteiger charge is -2.09. The second kappa shape index (κ2) is 5.49. The van der Waals surface area contributed by atoms with Crippen molar-refractivity contribution < 1.29 is 5.11 Å². The second-order valence-electron chi connectivity index (χ2n) is 3.44. The van der Waals surface area contributed by atoms with E-state index in [0.29, 0.717) is 13.0 Å². The van der Waals surface area contributed by atoms with Crippen LogP contribution in [-0.4, -0.2) is 28.0 Å². The van der Waals surface area contributed by atoms with Gasteiger partial charge >= 0.3 is 0 Å². The minimum atomic E-state index is -0.342. The first-order chi connectivity index (χ1) is 7.19. The maximum atomic E-state index is 9.00. The van der Waals surface area contributed by atoms with Crippen LogP contribution in [0.3, 0.4) is 0 Å². The van der Waals surface area contributed by atoms with Crippen LogP contribution in [0.4, 0.5) is 0 Å². The molecular weight excluding hydrogens is 192 g/mol. The lowest BCUT2D eigenvalue weighted by atomic mass is 10.1. The van der Waals surface area contributed by atoms with Crippen LogP contribution in [0, 0.1) is 18.3 Å². The van der Waals surface area contributed by atoms with Crippen molar-refractivity contribution in [3.63, 3.8) is 0 Å². The molecule has 0 aromatic carbocycles. The quantitative estimate of drug-likeness (QED) is 0.681. The van der Waals surface area contributed by atoms with Crippen molar-refractivity contribution in [3.8, 4) is 6.07 Å². The molecule has 1 rings (SSSR count). The van der Waals surface area contributed by atoms with Gasteiger partial charge in [0, 0.05) is 25.4 Å². The van der Waals surface area contributed by atoms with Gasteiger partial charge in [0.25, 0.3) is 0 Å². The molecule has 1 aromatic heterocycles. The van der Waals surface area contributed by atoms with Gasteiger partial charge in [-0.3, -0.25) is 10.00 Å². The van der Waals surface area contributed by atoms with Crippen LogP contribution in [-0.2, 0) is 7.05 Å². The van der Waals surface area contributed by atoms with Crippen LogP contribution in [0.1, 0.15) is 23.7 Å². The molecule has 1 heterocycles. The number of nitriles is 1. The fraction of sp³-hybridized carbons (Fsp3) is 0.600. The smallest absolute Gasteiger partial charge is 0.124 e. The number of aromatic nitrogens is 2. The molecule has 0 amide bonds. The molecule has 0 bridgehead atoms. The third kappa shape index (κ3) is 3.05. The van der Waals surface area contributed by atoms with Gasteiger partial charge in [-0.25, -0.2) is 0 Å². The van der Waals surface area contributed by atoms with Gasteiger partial charge in [0.1, 0.15) is 6.04 Å². The fourth-order valence-corrected chi connectivity index (χ4v) is 1.45. The van der Waals surface area contributed by atoms with Gasteiger partial charge in [-0.15, -0.1) is 0 Å². The number of aliphatic hydroxyl groups excluding tert-OH is 1. The maximum Gasteiger partial charge on any atom is 0.124 e. The number of rotatable bonds is 5. The molecule has 0 saturated heterocycles. The Bertz CT molecular complexity index is 353. The minimum absolute atomic E-state index is 0.136. The first-order valence-corrected chi connectivity index (χ1v) is 4.93. The normalized spacial score (nSPS) is 12.4. The second-order valence-corrected chi connectivity index (χ2v) is 3.44. The predicted molar refractivity (Wildman–Crippen MR) is 56.0 cm³/mol. The van der Waals surface area contributed by atoms with Crippen LogP contribution in [0.5, 0.6) is 0 Å². The van der Waals surface area contributed by atoms with Gasteiger partial charge in [0.15, 0.2) is 0 Å². The highest BCUT2D eigenvalue weighted by Gasteiger charge is 2.14. The number of hydrogen-bond acceptors (Lipinski definition) is 4. The van der Waals surface area contributed by atoms with Gasteiger partial charge < -0.3 is 5.11 Å². The molecule has 5 nitrogen and oxygen atoms in total. The zero-order valence-corrected chi connectivity index (χ0v) is 9.06. The van der Waals surface area contributed by atoms with Crippen LogP contribution < -0.4 is 5.32 Å². The standard InChI is InChI=1S/C10H16N4O/c1-8-9(7-14(2)13-8)10(6-11)12-4-3-5-15/h7,10,12,15H,3-5H2,1-2H3. The Kier molecular flexibility index (Phi) is 4.28. The zero-order valence-electron chi connectivity index (χ0n) is 9.06. The number of nitrogens with zero attached hydrogens (tertiary/aromatic N) is 3. The molecule has 0 aliphatic carbocycles. The lowest BCUT2D eigenvalue weighted by molar-refractivity contribution is 0.285. The molecule has 2 N–H and O–H groups in total. The average Bonchev–Trinajstić information content (AvgIpc) is 2.53. The molecule has 82 valence electrons. The van der Waals surface area contributed by atoms with E-state index in [1.165, 1.54) is 0 Å². The van der Waals surface area contributed by atoms with Crippen LogP contribution in [0.2, 0.25) is 0 Å². The number of aryl methyl sites for hydroxylation is 2. The lowest BCUT2D eigenvalue weighted by Crippen LogP contribution is -2.22. The van der Waals surface area contributed by atoms with E-state index in [4.69, 9.17) is 10.4 Å². The molecule has 1 unspecified atom stereocenters. The van der Waals surface area contributed by atoms with E-state index in [2.05, 4.69) is 16.5 Å². The monoisotopic (exact) mass is 208 g/mol. The van der Waals surface area contributed by atoms with Crippen LogP contribution in [0.15, 0.2) is 6.20 Å². The Hall–Kier alpha value is -1.38. The molecule has 0 aliphatic rings. The van der Waals surface area contributed by atoms with Crippen LogP contribution >= 0.6 is 0 Å². The van der Waals surface area contributed by atoms with E-state index in [9.17, 15) is 0 Å². The summed E-state index contributed by atoms with van der Waals surface area (Å²) < 4.78 is 1.70. The van der Waals surface area contributed by atoms with Crippen molar-refractivity contribution in [2.24, 2.45) is 7.05 Å². The summed E-state index contributed by atoms with van der Waals surface area (Å²) in [7, 11) is 1.83. The summed E-state index contributed by atoms with van der Waals surface area (Å²) in [5.41, 5.74) is 1.76. The summed E-state index contributed by atoms with van der Waals surface area (Å²) >= 11 is 0. The summed E-state index contributed by atoms with van der Waals surface area (Å²) in [6.07, 6.45) is 2.49. The highest BCUT2D eigenvalue weighted by atomic mass is 16.3. The molecule has 0 radical (unpaired) electrons. The zero-order chi connectivity index (χ0) is 11.3. The Labute approximate surface area is 89.3 Å². The van der Waals surface area contributed by atoms with E-state index in [-0.39, 0.29) is 12.6 Å².